The van der Waals surface area contributed by atoms with E-state index in [4.69, 9.17) is 0 Å². The van der Waals surface area contributed by atoms with E-state index in [9.17, 15) is 0 Å². The van der Waals surface area contributed by atoms with Crippen LogP contribution in [0.1, 0.15) is 125 Å². The van der Waals surface area contributed by atoms with Gasteiger partial charge in [-0.3, -0.25) is 0 Å². The molecule has 0 unspecified atom stereocenters. The van der Waals surface area contributed by atoms with Gasteiger partial charge in [-0.2, -0.15) is 0 Å². The molecule has 0 aromatic rings. The average molecular weight is 586 g/mol. The summed E-state index contributed by atoms with van der Waals surface area (Å²) in [4.78, 5) is 0. The molecule has 0 N–H and O–H groups in total. The van der Waals surface area contributed by atoms with Gasteiger partial charge in [-0.1, -0.05) is 125 Å². The van der Waals surface area contributed by atoms with E-state index >= 15 is 0 Å². The third kappa shape index (κ3) is 6070. The standard InChI is InChI=1S/6C4H10.2Sn/c6*1-4(2)3;;/h6*4H,1-3H3;;. The fourth-order valence-corrected chi connectivity index (χ4v) is 0. The van der Waals surface area contributed by atoms with Crippen molar-refractivity contribution in [2.24, 2.45) is 35.5 Å². The molecule has 0 aliphatic heterocycles. The molecule has 0 spiro atoms. The van der Waals surface area contributed by atoms with Crippen LogP contribution in [0.3, 0.4) is 0 Å². The van der Waals surface area contributed by atoms with E-state index in [-0.39, 0.29) is 47.8 Å². The summed E-state index contributed by atoms with van der Waals surface area (Å²) >= 11 is 0. The molecular weight excluding hydrogens is 526 g/mol. The monoisotopic (exact) mass is 588 g/mol. The van der Waals surface area contributed by atoms with E-state index in [1.165, 1.54) is 0 Å². The van der Waals surface area contributed by atoms with Gasteiger partial charge in [-0.05, 0) is 35.5 Å². The topological polar surface area (TPSA) is 0 Å². The Kier molecular flexibility index (Phi) is 88.7. The second kappa shape index (κ2) is 45.4. The molecule has 164 valence electrons. The van der Waals surface area contributed by atoms with Gasteiger partial charge in [0.25, 0.3) is 0 Å². The molecule has 0 nitrogen and oxygen atoms in total. The van der Waals surface area contributed by atoms with Crippen molar-refractivity contribution in [1.82, 2.24) is 0 Å². The molecule has 0 bridgehead atoms. The molecule has 0 aromatic carbocycles. The molecule has 0 rings (SSSR count). The molecule has 8 radical (unpaired) electrons. The number of hydrogen-bond acceptors (Lipinski definition) is 0. The van der Waals surface area contributed by atoms with Gasteiger partial charge in [-0.15, -0.1) is 0 Å². The van der Waals surface area contributed by atoms with E-state index in [0.29, 0.717) is 0 Å². The first-order chi connectivity index (χ1) is 10.4. The summed E-state index contributed by atoms with van der Waals surface area (Å²) in [5.74, 6) is 5.00. The van der Waals surface area contributed by atoms with Crippen LogP contribution in [0, 0.1) is 35.5 Å². The zero-order chi connectivity index (χ0) is 21.5. The van der Waals surface area contributed by atoms with Crippen molar-refractivity contribution in [3.05, 3.63) is 0 Å². The van der Waals surface area contributed by atoms with Crippen molar-refractivity contribution in [2.45, 2.75) is 125 Å². The molecule has 0 fully saturated rings. The smallest absolute Gasteiger partial charge is 0 e. The third-order valence-corrected chi connectivity index (χ3v) is 0. The van der Waals surface area contributed by atoms with Crippen molar-refractivity contribution >= 4 is 47.8 Å². The minimum absolute atomic E-state index is 0. The molecule has 0 saturated heterocycles. The maximum absolute atomic E-state index is 2.17. The molecular formula is C24H60Sn2. The van der Waals surface area contributed by atoms with E-state index in [2.05, 4.69) is 125 Å². The molecule has 0 saturated carbocycles. The molecule has 2 heteroatoms. The minimum Gasteiger partial charge on any atom is -0.0630 e. The van der Waals surface area contributed by atoms with Gasteiger partial charge in [0.2, 0.25) is 0 Å². The summed E-state index contributed by atoms with van der Waals surface area (Å²) in [6.07, 6.45) is 0. The largest absolute Gasteiger partial charge is 0.0630 e. The van der Waals surface area contributed by atoms with Crippen LogP contribution in [-0.2, 0) is 0 Å². The predicted molar refractivity (Wildman–Crippen MR) is 135 cm³/mol. The Balaban J connectivity index is -0.0000000245. The van der Waals surface area contributed by atoms with Crippen molar-refractivity contribution in [3.63, 3.8) is 0 Å². The van der Waals surface area contributed by atoms with Crippen molar-refractivity contribution in [1.29, 1.82) is 0 Å². The molecule has 0 aromatic heterocycles. The Morgan fingerprint density at radius 1 is 0.192 bits per heavy atom. The van der Waals surface area contributed by atoms with Gasteiger partial charge in [0.05, 0.1) is 0 Å². The zero-order valence-corrected chi connectivity index (χ0v) is 28.2. The Labute approximate surface area is 206 Å². The molecule has 0 atom stereocenters. The van der Waals surface area contributed by atoms with Gasteiger partial charge in [0.15, 0.2) is 0 Å². The first kappa shape index (κ1) is 50.8. The minimum atomic E-state index is 0. The van der Waals surface area contributed by atoms with E-state index in [1.807, 2.05) is 0 Å². The zero-order valence-electron chi connectivity index (χ0n) is 22.5. The van der Waals surface area contributed by atoms with Crippen molar-refractivity contribution in [2.75, 3.05) is 0 Å². The fourth-order valence-electron chi connectivity index (χ4n) is 0. The van der Waals surface area contributed by atoms with Crippen LogP contribution in [0.2, 0.25) is 0 Å². The molecule has 0 aliphatic rings. The van der Waals surface area contributed by atoms with Crippen LogP contribution in [0.5, 0.6) is 0 Å². The Morgan fingerprint density at radius 2 is 0.192 bits per heavy atom. The maximum Gasteiger partial charge on any atom is 0 e. The summed E-state index contributed by atoms with van der Waals surface area (Å²) < 4.78 is 0. The van der Waals surface area contributed by atoms with Gasteiger partial charge in [0, 0.05) is 47.8 Å². The van der Waals surface area contributed by atoms with Gasteiger partial charge in [-0.25, -0.2) is 0 Å². The third-order valence-electron chi connectivity index (χ3n) is 0. The second-order valence-electron chi connectivity index (χ2n) is 10.4. The predicted octanol–water partition coefficient (Wildman–Crippen LogP) is 9.21. The Bertz CT molecular complexity index is 85.2. The summed E-state index contributed by atoms with van der Waals surface area (Å²) in [7, 11) is 0. The van der Waals surface area contributed by atoms with Crippen LogP contribution < -0.4 is 0 Å². The fraction of sp³-hybridized carbons (Fsp3) is 1.00. The Morgan fingerprint density at radius 3 is 0.192 bits per heavy atom. The Hall–Kier alpha value is 1.60. The molecule has 0 amide bonds. The molecule has 0 heterocycles. The summed E-state index contributed by atoms with van der Waals surface area (Å²) in [6.45, 7) is 39.0. The van der Waals surface area contributed by atoms with E-state index in [1.54, 1.807) is 0 Å². The van der Waals surface area contributed by atoms with Crippen LogP contribution in [-0.4, -0.2) is 47.8 Å². The molecule has 26 heavy (non-hydrogen) atoms. The summed E-state index contributed by atoms with van der Waals surface area (Å²) in [6, 6.07) is 0. The number of rotatable bonds is 0. The van der Waals surface area contributed by atoms with Gasteiger partial charge in [0.1, 0.15) is 0 Å². The van der Waals surface area contributed by atoms with Gasteiger partial charge < -0.3 is 0 Å². The van der Waals surface area contributed by atoms with Crippen LogP contribution >= 0.6 is 0 Å². The number of hydrogen-bond donors (Lipinski definition) is 0. The van der Waals surface area contributed by atoms with Crippen LogP contribution in [0.4, 0.5) is 0 Å². The van der Waals surface area contributed by atoms with E-state index < -0.39 is 0 Å². The first-order valence-electron chi connectivity index (χ1n) is 10.4. The van der Waals surface area contributed by atoms with Crippen LogP contribution in [0.15, 0.2) is 0 Å². The summed E-state index contributed by atoms with van der Waals surface area (Å²) in [5.41, 5.74) is 0. The van der Waals surface area contributed by atoms with E-state index in [0.717, 1.165) is 35.5 Å². The normalized spacial score (nSPS) is 8.31. The SMILES string of the molecule is CC(C)C.CC(C)C.CC(C)C.CC(C)C.CC(C)C.CC(C)C.[Sn].[Sn]. The molecule has 0 aliphatic carbocycles. The van der Waals surface area contributed by atoms with Gasteiger partial charge >= 0.3 is 0 Å². The maximum atomic E-state index is 2.17. The quantitative estimate of drug-likeness (QED) is 0.249. The average Bonchev–Trinajstić information content (AvgIpc) is 2.08. The van der Waals surface area contributed by atoms with Crippen molar-refractivity contribution in [3.8, 4) is 0 Å². The second-order valence-corrected chi connectivity index (χ2v) is 10.4. The van der Waals surface area contributed by atoms with Crippen molar-refractivity contribution < 1.29 is 0 Å². The van der Waals surface area contributed by atoms with Crippen LogP contribution in [0.25, 0.3) is 0 Å². The first-order valence-corrected chi connectivity index (χ1v) is 10.4. The summed E-state index contributed by atoms with van der Waals surface area (Å²) in [5, 5.41) is 0.